The number of benzene rings is 2. The molecule has 1 N–H and O–H groups in total. The largest absolute Gasteiger partial charge is 0.497 e. The third kappa shape index (κ3) is 4.44. The predicted molar refractivity (Wildman–Crippen MR) is 92.9 cm³/mol. The Morgan fingerprint density at radius 2 is 2.08 bits per heavy atom. The molecule has 134 valence electrons. The molecular formula is C19H18FN3O3. The van der Waals surface area contributed by atoms with Crippen LogP contribution in [0.3, 0.4) is 0 Å². The van der Waals surface area contributed by atoms with Gasteiger partial charge in [-0.25, -0.2) is 4.39 Å². The third-order valence-corrected chi connectivity index (χ3v) is 3.81. The molecule has 6 nitrogen and oxygen atoms in total. The van der Waals surface area contributed by atoms with E-state index in [1.165, 1.54) is 6.07 Å². The van der Waals surface area contributed by atoms with Crippen molar-refractivity contribution in [3.05, 3.63) is 65.8 Å². The number of amides is 1. The zero-order chi connectivity index (χ0) is 18.4. The molecule has 0 fully saturated rings. The number of ether oxygens (including phenoxy) is 1. The van der Waals surface area contributed by atoms with Crippen LogP contribution in [0.1, 0.15) is 17.9 Å². The van der Waals surface area contributed by atoms with E-state index >= 15 is 0 Å². The van der Waals surface area contributed by atoms with E-state index in [4.69, 9.17) is 9.26 Å². The van der Waals surface area contributed by atoms with Crippen molar-refractivity contribution in [1.29, 1.82) is 0 Å². The standard InChI is InChI=1S/C19H18FN3O3/c1-25-15-7-4-6-14(11-15)19-22-18(26-23-19)12-21-17(24)10-9-13-5-2-3-8-16(13)20/h2-8,11H,9-10,12H2,1H3,(H,21,24). The minimum Gasteiger partial charge on any atom is -0.497 e. The highest BCUT2D eigenvalue weighted by atomic mass is 19.1. The zero-order valence-electron chi connectivity index (χ0n) is 14.2. The maximum absolute atomic E-state index is 13.5. The van der Waals surface area contributed by atoms with Crippen molar-refractivity contribution in [2.75, 3.05) is 7.11 Å². The van der Waals surface area contributed by atoms with Crippen molar-refractivity contribution in [1.82, 2.24) is 15.5 Å². The second-order valence-corrected chi connectivity index (χ2v) is 5.61. The molecule has 3 aromatic rings. The molecule has 0 saturated heterocycles. The normalized spacial score (nSPS) is 10.5. The van der Waals surface area contributed by atoms with Crippen LogP contribution in [-0.4, -0.2) is 23.2 Å². The molecule has 0 unspecified atom stereocenters. The van der Waals surface area contributed by atoms with Gasteiger partial charge in [-0.2, -0.15) is 4.98 Å². The summed E-state index contributed by atoms with van der Waals surface area (Å²) in [5, 5.41) is 6.60. The SMILES string of the molecule is COc1cccc(-c2noc(CNC(=O)CCc3ccccc3F)n2)c1. The lowest BCUT2D eigenvalue weighted by Crippen LogP contribution is -2.23. The Bertz CT molecular complexity index is 895. The Balaban J connectivity index is 1.53. The number of hydrogen-bond acceptors (Lipinski definition) is 5. The maximum atomic E-state index is 13.5. The Hall–Kier alpha value is -3.22. The summed E-state index contributed by atoms with van der Waals surface area (Å²) in [6.45, 7) is 0.118. The average Bonchev–Trinajstić information content (AvgIpc) is 3.15. The molecule has 1 aromatic heterocycles. The van der Waals surface area contributed by atoms with Crippen molar-refractivity contribution in [2.24, 2.45) is 0 Å². The first-order valence-electron chi connectivity index (χ1n) is 8.13. The lowest BCUT2D eigenvalue weighted by atomic mass is 10.1. The molecular weight excluding hydrogens is 337 g/mol. The number of halogens is 1. The van der Waals surface area contributed by atoms with Crippen molar-refractivity contribution in [3.8, 4) is 17.1 Å². The average molecular weight is 355 g/mol. The third-order valence-electron chi connectivity index (χ3n) is 3.81. The number of hydrogen-bond donors (Lipinski definition) is 1. The second kappa shape index (κ2) is 8.24. The summed E-state index contributed by atoms with van der Waals surface area (Å²) < 4.78 is 23.8. The molecule has 0 atom stereocenters. The number of methoxy groups -OCH3 is 1. The first-order valence-corrected chi connectivity index (χ1v) is 8.13. The van der Waals surface area contributed by atoms with Crippen LogP contribution in [-0.2, 0) is 17.8 Å². The van der Waals surface area contributed by atoms with Crippen LogP contribution < -0.4 is 10.1 Å². The Morgan fingerprint density at radius 1 is 1.23 bits per heavy atom. The zero-order valence-corrected chi connectivity index (χ0v) is 14.2. The van der Waals surface area contributed by atoms with E-state index in [0.29, 0.717) is 29.4 Å². The van der Waals surface area contributed by atoms with Crippen LogP contribution in [0.25, 0.3) is 11.4 Å². The number of nitrogens with one attached hydrogen (secondary N) is 1. The second-order valence-electron chi connectivity index (χ2n) is 5.61. The molecule has 0 bridgehead atoms. The molecule has 1 amide bonds. The molecule has 3 rings (SSSR count). The van der Waals surface area contributed by atoms with E-state index < -0.39 is 0 Å². The topological polar surface area (TPSA) is 77.3 Å². The summed E-state index contributed by atoms with van der Waals surface area (Å²) >= 11 is 0. The molecule has 0 radical (unpaired) electrons. The van der Waals surface area contributed by atoms with Crippen molar-refractivity contribution in [3.63, 3.8) is 0 Å². The van der Waals surface area contributed by atoms with E-state index in [0.717, 1.165) is 5.56 Å². The minimum absolute atomic E-state index is 0.118. The summed E-state index contributed by atoms with van der Waals surface area (Å²) in [5.74, 6) is 0.881. The fourth-order valence-corrected chi connectivity index (χ4v) is 2.42. The van der Waals surface area contributed by atoms with E-state index in [-0.39, 0.29) is 24.7 Å². The maximum Gasteiger partial charge on any atom is 0.246 e. The molecule has 7 heteroatoms. The number of aromatic nitrogens is 2. The van der Waals surface area contributed by atoms with Gasteiger partial charge in [-0.1, -0.05) is 35.5 Å². The van der Waals surface area contributed by atoms with Gasteiger partial charge in [0, 0.05) is 12.0 Å². The van der Waals surface area contributed by atoms with Gasteiger partial charge in [0.1, 0.15) is 11.6 Å². The summed E-state index contributed by atoms with van der Waals surface area (Å²) in [6, 6.07) is 13.7. The van der Waals surface area contributed by atoms with Gasteiger partial charge in [0.15, 0.2) is 0 Å². The molecule has 0 saturated carbocycles. The number of carbonyl (C=O) groups is 1. The molecule has 0 aliphatic carbocycles. The lowest BCUT2D eigenvalue weighted by Gasteiger charge is -2.03. The van der Waals surface area contributed by atoms with Crippen LogP contribution in [0.2, 0.25) is 0 Å². The summed E-state index contributed by atoms with van der Waals surface area (Å²) in [5.41, 5.74) is 1.27. The predicted octanol–water partition coefficient (Wildman–Crippen LogP) is 3.13. The monoisotopic (exact) mass is 355 g/mol. The molecule has 2 aromatic carbocycles. The van der Waals surface area contributed by atoms with Gasteiger partial charge >= 0.3 is 0 Å². The van der Waals surface area contributed by atoms with Crippen molar-refractivity contribution < 1.29 is 18.4 Å². The summed E-state index contributed by atoms with van der Waals surface area (Å²) in [7, 11) is 1.58. The molecule has 26 heavy (non-hydrogen) atoms. The number of carbonyl (C=O) groups excluding carboxylic acids is 1. The highest BCUT2D eigenvalue weighted by Gasteiger charge is 2.11. The smallest absolute Gasteiger partial charge is 0.246 e. The first-order chi connectivity index (χ1) is 12.7. The number of rotatable bonds is 7. The van der Waals surface area contributed by atoms with Gasteiger partial charge in [-0.05, 0) is 30.2 Å². The van der Waals surface area contributed by atoms with Gasteiger partial charge in [0.25, 0.3) is 0 Å². The minimum atomic E-state index is -0.305. The summed E-state index contributed by atoms with van der Waals surface area (Å²) in [4.78, 5) is 16.2. The van der Waals surface area contributed by atoms with E-state index in [2.05, 4.69) is 15.5 Å². The van der Waals surface area contributed by atoms with Gasteiger partial charge in [-0.15, -0.1) is 0 Å². The van der Waals surface area contributed by atoms with Crippen molar-refractivity contribution >= 4 is 5.91 Å². The quantitative estimate of drug-likeness (QED) is 0.704. The van der Waals surface area contributed by atoms with E-state index in [1.54, 1.807) is 31.4 Å². The summed E-state index contributed by atoms with van der Waals surface area (Å²) in [6.07, 6.45) is 0.509. The van der Waals surface area contributed by atoms with Crippen LogP contribution >= 0.6 is 0 Å². The fraction of sp³-hybridized carbons (Fsp3) is 0.211. The van der Waals surface area contributed by atoms with E-state index in [1.807, 2.05) is 18.2 Å². The van der Waals surface area contributed by atoms with Gasteiger partial charge in [0.2, 0.25) is 17.6 Å². The van der Waals surface area contributed by atoms with Crippen LogP contribution in [0, 0.1) is 5.82 Å². The lowest BCUT2D eigenvalue weighted by molar-refractivity contribution is -0.121. The molecule has 0 aliphatic rings. The number of aryl methyl sites for hydroxylation is 1. The fourth-order valence-electron chi connectivity index (χ4n) is 2.42. The number of nitrogens with zero attached hydrogens (tertiary/aromatic N) is 2. The molecule has 0 aliphatic heterocycles. The first kappa shape index (κ1) is 17.6. The van der Waals surface area contributed by atoms with Crippen LogP contribution in [0.15, 0.2) is 53.1 Å². The Kier molecular flexibility index (Phi) is 5.58. The Morgan fingerprint density at radius 3 is 2.88 bits per heavy atom. The Labute approximate surface area is 150 Å². The van der Waals surface area contributed by atoms with Gasteiger partial charge in [0.05, 0.1) is 13.7 Å². The van der Waals surface area contributed by atoms with Crippen molar-refractivity contribution in [2.45, 2.75) is 19.4 Å². The van der Waals surface area contributed by atoms with Crippen LogP contribution in [0.4, 0.5) is 4.39 Å². The van der Waals surface area contributed by atoms with Crippen LogP contribution in [0.5, 0.6) is 5.75 Å². The van der Waals surface area contributed by atoms with Gasteiger partial charge in [-0.3, -0.25) is 4.79 Å². The highest BCUT2D eigenvalue weighted by Crippen LogP contribution is 2.21. The molecule has 1 heterocycles. The highest BCUT2D eigenvalue weighted by molar-refractivity contribution is 5.76. The molecule has 0 spiro atoms. The van der Waals surface area contributed by atoms with E-state index in [9.17, 15) is 9.18 Å². The van der Waals surface area contributed by atoms with Gasteiger partial charge < -0.3 is 14.6 Å².